The summed E-state index contributed by atoms with van der Waals surface area (Å²) < 4.78 is 10.8. The van der Waals surface area contributed by atoms with E-state index in [1.807, 2.05) is 39.0 Å². The highest BCUT2D eigenvalue weighted by molar-refractivity contribution is 6.32. The first-order chi connectivity index (χ1) is 11.9. The van der Waals surface area contributed by atoms with Crippen LogP contribution in [-0.2, 0) is 4.79 Å². The van der Waals surface area contributed by atoms with Crippen LogP contribution >= 0.6 is 11.6 Å². The van der Waals surface area contributed by atoms with Crippen molar-refractivity contribution in [3.05, 3.63) is 58.1 Å². The van der Waals surface area contributed by atoms with Crippen molar-refractivity contribution in [3.8, 4) is 11.5 Å². The Kier molecular flexibility index (Phi) is 6.48. The fourth-order valence-electron chi connectivity index (χ4n) is 2.42. The van der Waals surface area contributed by atoms with Gasteiger partial charge in [-0.2, -0.15) is 0 Å². The van der Waals surface area contributed by atoms with Crippen LogP contribution in [-0.4, -0.2) is 19.6 Å². The molecule has 1 amide bonds. The fraction of sp³-hybridized carbons (Fsp3) is 0.250. The second-order valence-electron chi connectivity index (χ2n) is 5.61. The number of hydrogen-bond donors (Lipinski definition) is 1. The molecule has 0 saturated carbocycles. The molecule has 4 nitrogen and oxygen atoms in total. The molecule has 0 saturated heterocycles. The minimum absolute atomic E-state index is 0.212. The number of methoxy groups -OCH3 is 1. The van der Waals surface area contributed by atoms with Crippen molar-refractivity contribution < 1.29 is 14.3 Å². The van der Waals surface area contributed by atoms with E-state index >= 15 is 0 Å². The highest BCUT2D eigenvalue weighted by Gasteiger charge is 2.11. The molecule has 0 heterocycles. The number of hydrogen-bond acceptors (Lipinski definition) is 3. The van der Waals surface area contributed by atoms with E-state index in [4.69, 9.17) is 21.1 Å². The Labute approximate surface area is 153 Å². The van der Waals surface area contributed by atoms with Crippen molar-refractivity contribution in [2.45, 2.75) is 20.8 Å². The van der Waals surface area contributed by atoms with E-state index < -0.39 is 0 Å². The summed E-state index contributed by atoms with van der Waals surface area (Å²) in [7, 11) is 1.55. The molecule has 0 atom stereocenters. The van der Waals surface area contributed by atoms with E-state index in [0.29, 0.717) is 23.1 Å². The predicted octanol–water partition coefficient (Wildman–Crippen LogP) is 5.02. The first-order valence-corrected chi connectivity index (χ1v) is 8.39. The molecule has 2 aromatic rings. The smallest absolute Gasteiger partial charge is 0.248 e. The fourth-order valence-corrected chi connectivity index (χ4v) is 2.69. The monoisotopic (exact) mass is 359 g/mol. The van der Waals surface area contributed by atoms with E-state index in [9.17, 15) is 4.79 Å². The van der Waals surface area contributed by atoms with Crippen molar-refractivity contribution >= 4 is 29.3 Å². The van der Waals surface area contributed by atoms with Crippen LogP contribution in [0.5, 0.6) is 11.5 Å². The van der Waals surface area contributed by atoms with Crippen LogP contribution in [0.1, 0.15) is 23.6 Å². The van der Waals surface area contributed by atoms with E-state index in [0.717, 1.165) is 22.4 Å². The maximum Gasteiger partial charge on any atom is 0.248 e. The van der Waals surface area contributed by atoms with Gasteiger partial charge in [0.15, 0.2) is 11.5 Å². The number of nitrogens with one attached hydrogen (secondary N) is 1. The van der Waals surface area contributed by atoms with Gasteiger partial charge < -0.3 is 14.8 Å². The van der Waals surface area contributed by atoms with Crippen LogP contribution in [0.3, 0.4) is 0 Å². The van der Waals surface area contributed by atoms with Crippen LogP contribution in [0, 0.1) is 13.8 Å². The number of aryl methyl sites for hydroxylation is 2. The van der Waals surface area contributed by atoms with Gasteiger partial charge in [0, 0.05) is 11.8 Å². The molecule has 132 valence electrons. The Hall–Kier alpha value is -2.46. The van der Waals surface area contributed by atoms with Gasteiger partial charge in [0.25, 0.3) is 0 Å². The third kappa shape index (κ3) is 5.00. The molecule has 1 N–H and O–H groups in total. The van der Waals surface area contributed by atoms with Crippen molar-refractivity contribution in [1.29, 1.82) is 0 Å². The van der Waals surface area contributed by atoms with Gasteiger partial charge in [-0.05, 0) is 56.2 Å². The molecule has 0 fully saturated rings. The Bertz CT molecular complexity index is 800. The van der Waals surface area contributed by atoms with Gasteiger partial charge in [-0.3, -0.25) is 4.79 Å². The molecule has 0 aliphatic rings. The number of carbonyl (C=O) groups excluding carboxylic acids is 1. The van der Waals surface area contributed by atoms with Crippen LogP contribution < -0.4 is 14.8 Å². The molecule has 2 aromatic carbocycles. The number of carbonyl (C=O) groups is 1. The highest BCUT2D eigenvalue weighted by atomic mass is 35.5. The molecular formula is C20H22ClNO3. The lowest BCUT2D eigenvalue weighted by Gasteiger charge is -2.12. The Morgan fingerprint density at radius 2 is 2.00 bits per heavy atom. The van der Waals surface area contributed by atoms with Gasteiger partial charge in [0.05, 0.1) is 18.7 Å². The van der Waals surface area contributed by atoms with Gasteiger partial charge in [0.1, 0.15) is 0 Å². The summed E-state index contributed by atoms with van der Waals surface area (Å²) in [6.07, 6.45) is 3.15. The first-order valence-electron chi connectivity index (χ1n) is 8.01. The van der Waals surface area contributed by atoms with Gasteiger partial charge in [-0.1, -0.05) is 29.3 Å². The summed E-state index contributed by atoms with van der Waals surface area (Å²) in [6.45, 7) is 6.34. The molecule has 0 aromatic heterocycles. The van der Waals surface area contributed by atoms with Crippen LogP contribution in [0.2, 0.25) is 5.02 Å². The first kappa shape index (κ1) is 18.9. The molecule has 0 spiro atoms. The van der Waals surface area contributed by atoms with Gasteiger partial charge in [-0.15, -0.1) is 0 Å². The third-order valence-electron chi connectivity index (χ3n) is 3.61. The summed E-state index contributed by atoms with van der Waals surface area (Å²) in [5.41, 5.74) is 3.72. The van der Waals surface area contributed by atoms with E-state index in [2.05, 4.69) is 5.32 Å². The zero-order valence-electron chi connectivity index (χ0n) is 14.9. The van der Waals surface area contributed by atoms with Crippen molar-refractivity contribution in [1.82, 2.24) is 0 Å². The largest absolute Gasteiger partial charge is 0.493 e. The minimum Gasteiger partial charge on any atom is -0.493 e. The van der Waals surface area contributed by atoms with Crippen molar-refractivity contribution in [2.75, 3.05) is 19.0 Å². The lowest BCUT2D eigenvalue weighted by molar-refractivity contribution is -0.111. The number of amides is 1. The number of rotatable bonds is 6. The molecule has 0 aliphatic heterocycles. The zero-order chi connectivity index (χ0) is 18.4. The number of anilines is 1. The van der Waals surface area contributed by atoms with E-state index in [1.165, 1.54) is 6.08 Å². The predicted molar refractivity (Wildman–Crippen MR) is 103 cm³/mol. The van der Waals surface area contributed by atoms with Crippen LogP contribution in [0.15, 0.2) is 36.4 Å². The number of benzene rings is 2. The third-order valence-corrected chi connectivity index (χ3v) is 3.89. The quantitative estimate of drug-likeness (QED) is 0.737. The summed E-state index contributed by atoms with van der Waals surface area (Å²) in [5, 5.41) is 3.31. The van der Waals surface area contributed by atoms with Crippen LogP contribution in [0.25, 0.3) is 6.08 Å². The molecule has 0 radical (unpaired) electrons. The second kappa shape index (κ2) is 8.58. The summed E-state index contributed by atoms with van der Waals surface area (Å²) in [6, 6.07) is 9.39. The Balaban J connectivity index is 2.15. The molecule has 2 rings (SSSR count). The van der Waals surface area contributed by atoms with Gasteiger partial charge in [0.2, 0.25) is 5.91 Å². The Morgan fingerprint density at radius 3 is 2.64 bits per heavy atom. The van der Waals surface area contributed by atoms with Crippen molar-refractivity contribution in [3.63, 3.8) is 0 Å². The number of ether oxygens (including phenoxy) is 2. The highest BCUT2D eigenvalue weighted by Crippen LogP contribution is 2.36. The summed E-state index contributed by atoms with van der Waals surface area (Å²) >= 11 is 6.23. The molecule has 25 heavy (non-hydrogen) atoms. The zero-order valence-corrected chi connectivity index (χ0v) is 15.6. The van der Waals surface area contributed by atoms with Gasteiger partial charge in [-0.25, -0.2) is 0 Å². The number of halogens is 1. The maximum absolute atomic E-state index is 12.1. The molecular weight excluding hydrogens is 338 g/mol. The van der Waals surface area contributed by atoms with Gasteiger partial charge >= 0.3 is 0 Å². The standard InChI is InChI=1S/C20H22ClNO3/c1-5-25-20-16(21)11-15(12-18(20)24-4)7-9-19(23)22-17-8-6-13(2)10-14(17)3/h6-12H,5H2,1-4H3,(H,22,23)/b9-7+. The topological polar surface area (TPSA) is 47.6 Å². The van der Waals surface area contributed by atoms with Crippen LogP contribution in [0.4, 0.5) is 5.69 Å². The average Bonchev–Trinajstić information content (AvgIpc) is 2.57. The Morgan fingerprint density at radius 1 is 1.24 bits per heavy atom. The minimum atomic E-state index is -0.212. The molecule has 0 bridgehead atoms. The molecule has 0 aliphatic carbocycles. The second-order valence-corrected chi connectivity index (χ2v) is 6.02. The SMILES string of the molecule is CCOc1c(Cl)cc(/C=C/C(=O)Nc2ccc(C)cc2C)cc1OC. The van der Waals surface area contributed by atoms with Crippen molar-refractivity contribution in [2.24, 2.45) is 0 Å². The normalized spacial score (nSPS) is 10.8. The lowest BCUT2D eigenvalue weighted by Crippen LogP contribution is -2.08. The molecule has 0 unspecified atom stereocenters. The average molecular weight is 360 g/mol. The summed E-state index contributed by atoms with van der Waals surface area (Å²) in [4.78, 5) is 12.1. The van der Waals surface area contributed by atoms with E-state index in [1.54, 1.807) is 25.3 Å². The maximum atomic E-state index is 12.1. The molecule has 5 heteroatoms. The van der Waals surface area contributed by atoms with E-state index in [-0.39, 0.29) is 5.91 Å². The lowest BCUT2D eigenvalue weighted by atomic mass is 10.1. The summed E-state index contributed by atoms with van der Waals surface area (Å²) in [5.74, 6) is 0.822.